The van der Waals surface area contributed by atoms with Crippen LogP contribution >= 0.6 is 12.2 Å². The first-order valence-corrected chi connectivity index (χ1v) is 9.87. The fraction of sp³-hybridized carbons (Fsp3) is 0.364. The molecule has 3 rings (SSSR count). The predicted molar refractivity (Wildman–Crippen MR) is 113 cm³/mol. The van der Waals surface area contributed by atoms with Crippen LogP contribution < -0.4 is 10.6 Å². The highest BCUT2D eigenvalue weighted by molar-refractivity contribution is 7.80. The number of hydrogen-bond donors (Lipinski definition) is 2. The second-order valence-corrected chi connectivity index (χ2v) is 7.39. The van der Waals surface area contributed by atoms with Crippen molar-refractivity contribution in [1.82, 2.24) is 5.32 Å². The molecule has 0 saturated heterocycles. The molecule has 0 bridgehead atoms. The van der Waals surface area contributed by atoms with Crippen molar-refractivity contribution >= 4 is 29.0 Å². The summed E-state index contributed by atoms with van der Waals surface area (Å²) in [6.45, 7) is 4.13. The minimum Gasteiger partial charge on any atom is -0.462 e. The summed E-state index contributed by atoms with van der Waals surface area (Å²) in [6.07, 6.45) is 4.52. The van der Waals surface area contributed by atoms with Crippen molar-refractivity contribution in [1.29, 1.82) is 0 Å². The van der Waals surface area contributed by atoms with Crippen LogP contribution in [0, 0.1) is 6.92 Å². The van der Waals surface area contributed by atoms with Crippen LogP contribution in [0.15, 0.2) is 48.5 Å². The monoisotopic (exact) mass is 382 g/mol. The number of esters is 1. The second kappa shape index (κ2) is 8.53. The molecule has 2 aromatic rings. The molecular weight excluding hydrogens is 356 g/mol. The van der Waals surface area contributed by atoms with Gasteiger partial charge in [0.05, 0.1) is 17.7 Å². The topological polar surface area (TPSA) is 50.4 Å². The van der Waals surface area contributed by atoms with Crippen LogP contribution in [0.2, 0.25) is 0 Å². The summed E-state index contributed by atoms with van der Waals surface area (Å²) >= 11 is 5.62. The maximum absolute atomic E-state index is 11.9. The van der Waals surface area contributed by atoms with Crippen molar-refractivity contribution in [2.75, 3.05) is 11.9 Å². The van der Waals surface area contributed by atoms with Crippen LogP contribution in [0.1, 0.15) is 54.1 Å². The molecule has 0 heterocycles. The van der Waals surface area contributed by atoms with Crippen LogP contribution in [0.3, 0.4) is 0 Å². The molecule has 0 aliphatic heterocycles. The Morgan fingerprint density at radius 1 is 1.15 bits per heavy atom. The fourth-order valence-electron chi connectivity index (χ4n) is 3.74. The first-order valence-electron chi connectivity index (χ1n) is 9.46. The number of nitrogens with one attached hydrogen (secondary N) is 2. The molecule has 0 aromatic heterocycles. The third-order valence-electron chi connectivity index (χ3n) is 5.12. The molecule has 1 aliphatic carbocycles. The number of ether oxygens (including phenoxy) is 1. The van der Waals surface area contributed by atoms with E-state index in [1.807, 2.05) is 25.1 Å². The van der Waals surface area contributed by atoms with Gasteiger partial charge in [0.25, 0.3) is 0 Å². The van der Waals surface area contributed by atoms with Crippen LogP contribution in [0.5, 0.6) is 0 Å². The summed E-state index contributed by atoms with van der Waals surface area (Å²) in [5.41, 5.74) is 3.56. The van der Waals surface area contributed by atoms with Crippen molar-refractivity contribution in [3.05, 3.63) is 65.2 Å². The highest BCUT2D eigenvalue weighted by Gasteiger charge is 2.36. The Morgan fingerprint density at radius 3 is 2.48 bits per heavy atom. The number of anilines is 1. The molecule has 4 nitrogen and oxygen atoms in total. The number of aryl methyl sites for hydroxylation is 1. The summed E-state index contributed by atoms with van der Waals surface area (Å²) in [4.78, 5) is 11.9. The molecule has 0 unspecified atom stereocenters. The van der Waals surface area contributed by atoms with E-state index in [9.17, 15) is 4.79 Å². The number of hydrogen-bond acceptors (Lipinski definition) is 3. The van der Waals surface area contributed by atoms with E-state index in [-0.39, 0.29) is 11.5 Å². The molecule has 142 valence electrons. The lowest BCUT2D eigenvalue weighted by molar-refractivity contribution is 0.0526. The Balaban J connectivity index is 1.72. The highest BCUT2D eigenvalue weighted by atomic mass is 32.1. The van der Waals surface area contributed by atoms with Gasteiger partial charge in [-0.15, -0.1) is 0 Å². The number of thiocarbonyl (C=S) groups is 1. The first kappa shape index (κ1) is 19.4. The summed E-state index contributed by atoms with van der Waals surface area (Å²) in [5.74, 6) is -0.304. The van der Waals surface area contributed by atoms with Crippen LogP contribution in [-0.4, -0.2) is 17.7 Å². The van der Waals surface area contributed by atoms with E-state index in [1.165, 1.54) is 18.4 Å². The zero-order chi connectivity index (χ0) is 19.3. The van der Waals surface area contributed by atoms with Gasteiger partial charge in [0.2, 0.25) is 0 Å². The quantitative estimate of drug-likeness (QED) is 0.567. The lowest BCUT2D eigenvalue weighted by Gasteiger charge is -2.32. The lowest BCUT2D eigenvalue weighted by Crippen LogP contribution is -2.45. The van der Waals surface area contributed by atoms with Gasteiger partial charge in [-0.3, -0.25) is 0 Å². The zero-order valence-corrected chi connectivity index (χ0v) is 16.7. The SMILES string of the molecule is CCOC(=O)c1ccc(NC(=S)NC2(c3ccccc3)CCCC2)c(C)c1. The van der Waals surface area contributed by atoms with Gasteiger partial charge in [-0.05, 0) is 68.2 Å². The van der Waals surface area contributed by atoms with Gasteiger partial charge in [0, 0.05) is 5.69 Å². The van der Waals surface area contributed by atoms with E-state index in [1.54, 1.807) is 13.0 Å². The van der Waals surface area contributed by atoms with Gasteiger partial charge in [-0.25, -0.2) is 4.79 Å². The number of benzene rings is 2. The molecule has 0 atom stereocenters. The predicted octanol–water partition coefficient (Wildman–Crippen LogP) is 4.93. The molecule has 0 amide bonds. The Kier molecular flexibility index (Phi) is 6.11. The first-order chi connectivity index (χ1) is 13.0. The van der Waals surface area contributed by atoms with Gasteiger partial charge in [-0.1, -0.05) is 43.2 Å². The molecule has 0 spiro atoms. The summed E-state index contributed by atoms with van der Waals surface area (Å²) in [6, 6.07) is 16.0. The maximum atomic E-state index is 11.9. The normalized spacial score (nSPS) is 15.2. The molecule has 1 saturated carbocycles. The van der Waals surface area contributed by atoms with E-state index in [0.29, 0.717) is 17.3 Å². The van der Waals surface area contributed by atoms with Crippen molar-refractivity contribution in [3.8, 4) is 0 Å². The summed E-state index contributed by atoms with van der Waals surface area (Å²) < 4.78 is 5.06. The number of carbonyl (C=O) groups excluding carboxylic acids is 1. The van der Waals surface area contributed by atoms with Crippen molar-refractivity contribution in [2.24, 2.45) is 0 Å². The average molecular weight is 383 g/mol. The van der Waals surface area contributed by atoms with Crippen LogP contribution in [0.4, 0.5) is 5.69 Å². The van der Waals surface area contributed by atoms with E-state index >= 15 is 0 Å². The Morgan fingerprint density at radius 2 is 1.85 bits per heavy atom. The summed E-state index contributed by atoms with van der Waals surface area (Å²) in [5, 5.41) is 7.47. The number of rotatable bonds is 5. The maximum Gasteiger partial charge on any atom is 0.338 e. The van der Waals surface area contributed by atoms with Gasteiger partial charge < -0.3 is 15.4 Å². The Hall–Kier alpha value is -2.40. The molecule has 27 heavy (non-hydrogen) atoms. The minimum absolute atomic E-state index is 0.107. The fourth-order valence-corrected chi connectivity index (χ4v) is 4.04. The molecule has 1 fully saturated rings. The van der Waals surface area contributed by atoms with Crippen LogP contribution in [0.25, 0.3) is 0 Å². The second-order valence-electron chi connectivity index (χ2n) is 6.98. The third-order valence-corrected chi connectivity index (χ3v) is 5.33. The van der Waals surface area contributed by atoms with Gasteiger partial charge in [0.15, 0.2) is 5.11 Å². The average Bonchev–Trinajstić information content (AvgIpc) is 3.14. The largest absolute Gasteiger partial charge is 0.462 e. The van der Waals surface area contributed by atoms with Crippen molar-refractivity contribution in [3.63, 3.8) is 0 Å². The smallest absolute Gasteiger partial charge is 0.338 e. The third kappa shape index (κ3) is 4.48. The van der Waals surface area contributed by atoms with E-state index in [2.05, 4.69) is 34.9 Å². The highest BCUT2D eigenvalue weighted by Crippen LogP contribution is 2.38. The zero-order valence-electron chi connectivity index (χ0n) is 15.9. The molecule has 5 heteroatoms. The standard InChI is InChI=1S/C22H26N2O2S/c1-3-26-20(25)17-11-12-19(16(2)15-17)23-21(27)24-22(13-7-8-14-22)18-9-5-4-6-10-18/h4-6,9-12,15H,3,7-8,13-14H2,1-2H3,(H2,23,24,27). The van der Waals surface area contributed by atoms with Gasteiger partial charge >= 0.3 is 5.97 Å². The molecule has 2 N–H and O–H groups in total. The van der Waals surface area contributed by atoms with E-state index in [0.717, 1.165) is 24.1 Å². The molecular formula is C22H26N2O2S. The molecule has 0 radical (unpaired) electrons. The Labute approximate surface area is 166 Å². The molecule has 2 aromatic carbocycles. The molecule has 1 aliphatic rings. The van der Waals surface area contributed by atoms with E-state index in [4.69, 9.17) is 17.0 Å². The van der Waals surface area contributed by atoms with E-state index < -0.39 is 0 Å². The number of carbonyl (C=O) groups is 1. The summed E-state index contributed by atoms with van der Waals surface area (Å²) in [7, 11) is 0. The van der Waals surface area contributed by atoms with Crippen molar-refractivity contribution < 1.29 is 9.53 Å². The van der Waals surface area contributed by atoms with Crippen molar-refractivity contribution in [2.45, 2.75) is 45.1 Å². The van der Waals surface area contributed by atoms with Gasteiger partial charge in [0.1, 0.15) is 0 Å². The lowest BCUT2D eigenvalue weighted by atomic mass is 9.88. The minimum atomic E-state index is -0.304. The van der Waals surface area contributed by atoms with Crippen LogP contribution in [-0.2, 0) is 10.3 Å². The Bertz CT molecular complexity index is 814. The van der Waals surface area contributed by atoms with Gasteiger partial charge in [-0.2, -0.15) is 0 Å².